The molecule has 0 saturated carbocycles. The number of aromatic nitrogens is 1. The van der Waals surface area contributed by atoms with E-state index in [1.807, 2.05) is 19.1 Å². The summed E-state index contributed by atoms with van der Waals surface area (Å²) >= 11 is 3.40. The normalized spacial score (nSPS) is 12.4. The summed E-state index contributed by atoms with van der Waals surface area (Å²) in [4.78, 5) is 4.07. The Morgan fingerprint density at radius 3 is 2.79 bits per heavy atom. The molecule has 1 atom stereocenters. The fraction of sp³-hybridized carbons (Fsp3) is 0.214. The first-order valence-electron chi connectivity index (χ1n) is 6.02. The topological polar surface area (TPSA) is 50.9 Å². The molecule has 0 spiro atoms. The third-order valence-corrected chi connectivity index (χ3v) is 3.57. The van der Waals surface area contributed by atoms with E-state index < -0.39 is 0 Å². The molecule has 1 unspecified atom stereocenters. The molecule has 1 heterocycles. The second-order valence-electron chi connectivity index (χ2n) is 4.10. The maximum absolute atomic E-state index is 14.1. The van der Waals surface area contributed by atoms with Crippen LogP contribution >= 0.6 is 15.9 Å². The van der Waals surface area contributed by atoms with Crippen LogP contribution in [0.2, 0.25) is 0 Å². The van der Waals surface area contributed by atoms with Gasteiger partial charge in [-0.15, -0.1) is 0 Å². The van der Waals surface area contributed by atoms with Gasteiger partial charge in [-0.05, 0) is 24.7 Å². The maximum Gasteiger partial charge on any atom is 0.129 e. The van der Waals surface area contributed by atoms with Gasteiger partial charge in [-0.1, -0.05) is 35.0 Å². The van der Waals surface area contributed by atoms with E-state index in [1.165, 1.54) is 6.07 Å². The molecule has 3 N–H and O–H groups in total. The highest BCUT2D eigenvalue weighted by Crippen LogP contribution is 2.32. The minimum absolute atomic E-state index is 0.274. The number of nitrogens with one attached hydrogen (secondary N) is 1. The molecule has 2 rings (SSSR count). The summed E-state index contributed by atoms with van der Waals surface area (Å²) < 4.78 is 14.8. The quantitative estimate of drug-likeness (QED) is 0.908. The van der Waals surface area contributed by atoms with Gasteiger partial charge in [-0.3, -0.25) is 0 Å². The second-order valence-corrected chi connectivity index (χ2v) is 4.96. The van der Waals surface area contributed by atoms with Crippen LogP contribution in [-0.2, 0) is 0 Å². The summed E-state index contributed by atoms with van der Waals surface area (Å²) in [5.41, 5.74) is 7.22. The molecule has 1 aromatic heterocycles. The summed E-state index contributed by atoms with van der Waals surface area (Å²) in [6, 6.07) is 8.25. The Morgan fingerprint density at radius 2 is 2.16 bits per heavy atom. The number of hydrogen-bond donors (Lipinski definition) is 2. The van der Waals surface area contributed by atoms with Crippen LogP contribution in [0.5, 0.6) is 0 Å². The van der Waals surface area contributed by atoms with Crippen molar-refractivity contribution >= 4 is 21.7 Å². The van der Waals surface area contributed by atoms with Crippen LogP contribution < -0.4 is 11.1 Å². The average molecular weight is 324 g/mol. The van der Waals surface area contributed by atoms with E-state index in [9.17, 15) is 4.39 Å². The van der Waals surface area contributed by atoms with Crippen molar-refractivity contribution in [2.45, 2.75) is 13.0 Å². The number of halogens is 2. The summed E-state index contributed by atoms with van der Waals surface area (Å²) in [7, 11) is 0. The van der Waals surface area contributed by atoms with E-state index in [4.69, 9.17) is 5.73 Å². The fourth-order valence-electron chi connectivity index (χ4n) is 2.03. The Balaban J connectivity index is 2.55. The number of nitrogens with two attached hydrogens (primary N) is 1. The molecule has 0 bridgehead atoms. The lowest BCUT2D eigenvalue weighted by Gasteiger charge is -2.21. The minimum atomic E-state index is -0.325. The molecular formula is C14H15BrFN3. The number of benzene rings is 1. The molecule has 0 fully saturated rings. The van der Waals surface area contributed by atoms with Gasteiger partial charge < -0.3 is 11.1 Å². The van der Waals surface area contributed by atoms with Gasteiger partial charge in [-0.25, -0.2) is 9.37 Å². The van der Waals surface area contributed by atoms with Gasteiger partial charge in [0.15, 0.2) is 0 Å². The van der Waals surface area contributed by atoms with Crippen molar-refractivity contribution < 1.29 is 4.39 Å². The Hall–Kier alpha value is -1.46. The van der Waals surface area contributed by atoms with Crippen LogP contribution in [0.1, 0.15) is 24.1 Å². The van der Waals surface area contributed by atoms with Crippen molar-refractivity contribution in [3.8, 4) is 0 Å². The van der Waals surface area contributed by atoms with Crippen molar-refractivity contribution in [3.63, 3.8) is 0 Å². The molecule has 2 aromatic rings. The molecule has 5 heteroatoms. The van der Waals surface area contributed by atoms with Gasteiger partial charge in [0.2, 0.25) is 0 Å². The number of rotatable bonds is 4. The minimum Gasteiger partial charge on any atom is -0.383 e. The molecule has 1 aromatic carbocycles. The van der Waals surface area contributed by atoms with Crippen molar-refractivity contribution in [1.82, 2.24) is 10.3 Å². The van der Waals surface area contributed by atoms with Crippen LogP contribution in [0.15, 0.2) is 41.0 Å². The lowest BCUT2D eigenvalue weighted by atomic mass is 9.98. The Bertz CT molecular complexity index is 554. The Labute approximate surface area is 120 Å². The predicted octanol–water partition coefficient (Wildman–Crippen LogP) is 3.26. The molecule has 0 aliphatic carbocycles. The first-order chi connectivity index (χ1) is 9.15. The largest absolute Gasteiger partial charge is 0.383 e. The summed E-state index contributed by atoms with van der Waals surface area (Å²) in [6.07, 6.45) is 1.62. The highest BCUT2D eigenvalue weighted by molar-refractivity contribution is 9.10. The second kappa shape index (κ2) is 6.12. The molecule has 100 valence electrons. The zero-order valence-electron chi connectivity index (χ0n) is 10.5. The maximum atomic E-state index is 14.1. The van der Waals surface area contributed by atoms with Crippen molar-refractivity contribution in [3.05, 3.63) is 57.9 Å². The number of pyridine rings is 1. The molecule has 3 nitrogen and oxygen atoms in total. The SMILES string of the molecule is CCNC(c1cccnc1N)c1c(F)cccc1Br. The predicted molar refractivity (Wildman–Crippen MR) is 78.3 cm³/mol. The van der Waals surface area contributed by atoms with Crippen LogP contribution in [0, 0.1) is 5.82 Å². The molecule has 0 saturated heterocycles. The van der Waals surface area contributed by atoms with Crippen LogP contribution in [0.4, 0.5) is 10.2 Å². The molecule has 0 aliphatic heterocycles. The lowest BCUT2D eigenvalue weighted by Crippen LogP contribution is -2.24. The number of hydrogen-bond acceptors (Lipinski definition) is 3. The van der Waals surface area contributed by atoms with Gasteiger partial charge in [-0.2, -0.15) is 0 Å². The number of nitrogen functional groups attached to an aromatic ring is 1. The molecular weight excluding hydrogens is 309 g/mol. The van der Waals surface area contributed by atoms with E-state index in [2.05, 4.69) is 26.2 Å². The smallest absolute Gasteiger partial charge is 0.129 e. The van der Waals surface area contributed by atoms with Crippen molar-refractivity contribution in [1.29, 1.82) is 0 Å². The van der Waals surface area contributed by atoms with E-state index in [-0.39, 0.29) is 11.9 Å². The van der Waals surface area contributed by atoms with Gasteiger partial charge in [0, 0.05) is 21.8 Å². The highest BCUT2D eigenvalue weighted by atomic mass is 79.9. The van der Waals surface area contributed by atoms with E-state index >= 15 is 0 Å². The number of anilines is 1. The monoisotopic (exact) mass is 323 g/mol. The standard InChI is InChI=1S/C14H15BrFN3/c1-2-18-13(9-5-4-8-19-14(9)17)12-10(15)6-3-7-11(12)16/h3-8,13,18H,2H2,1H3,(H2,17,19). The van der Waals surface area contributed by atoms with E-state index in [0.717, 1.165) is 5.56 Å². The number of nitrogens with zero attached hydrogens (tertiary/aromatic N) is 1. The first kappa shape index (κ1) is 14.0. The van der Waals surface area contributed by atoms with Gasteiger partial charge in [0.25, 0.3) is 0 Å². The zero-order chi connectivity index (χ0) is 13.8. The van der Waals surface area contributed by atoms with Gasteiger partial charge in [0.05, 0.1) is 6.04 Å². The third kappa shape index (κ3) is 2.93. The van der Waals surface area contributed by atoms with E-state index in [0.29, 0.717) is 22.4 Å². The summed E-state index contributed by atoms with van der Waals surface area (Å²) in [6.45, 7) is 2.66. The van der Waals surface area contributed by atoms with E-state index in [1.54, 1.807) is 18.3 Å². The van der Waals surface area contributed by atoms with Gasteiger partial charge >= 0.3 is 0 Å². The Morgan fingerprint density at radius 1 is 1.37 bits per heavy atom. The van der Waals surface area contributed by atoms with Crippen molar-refractivity contribution in [2.24, 2.45) is 0 Å². The summed E-state index contributed by atoms with van der Waals surface area (Å²) in [5, 5.41) is 3.25. The van der Waals surface area contributed by atoms with Gasteiger partial charge in [0.1, 0.15) is 11.6 Å². The van der Waals surface area contributed by atoms with Crippen molar-refractivity contribution in [2.75, 3.05) is 12.3 Å². The summed E-state index contributed by atoms with van der Waals surface area (Å²) in [5.74, 6) is 0.132. The van der Waals surface area contributed by atoms with Crippen LogP contribution in [-0.4, -0.2) is 11.5 Å². The Kier molecular flexibility index (Phi) is 4.50. The van der Waals surface area contributed by atoms with Crippen LogP contribution in [0.25, 0.3) is 0 Å². The average Bonchev–Trinajstić information content (AvgIpc) is 2.38. The highest BCUT2D eigenvalue weighted by Gasteiger charge is 2.21. The molecule has 0 aliphatic rings. The third-order valence-electron chi connectivity index (χ3n) is 2.88. The molecule has 19 heavy (non-hydrogen) atoms. The van der Waals surface area contributed by atoms with Crippen LogP contribution in [0.3, 0.4) is 0 Å². The molecule has 0 radical (unpaired) electrons. The zero-order valence-corrected chi connectivity index (χ0v) is 12.1. The fourth-order valence-corrected chi connectivity index (χ4v) is 2.60. The molecule has 0 amide bonds. The lowest BCUT2D eigenvalue weighted by molar-refractivity contribution is 0.557. The first-order valence-corrected chi connectivity index (χ1v) is 6.82.